The van der Waals surface area contributed by atoms with Gasteiger partial charge in [-0.3, -0.25) is 0 Å². The van der Waals surface area contributed by atoms with E-state index in [-0.39, 0.29) is 18.1 Å². The van der Waals surface area contributed by atoms with Gasteiger partial charge >= 0.3 is 5.97 Å². The summed E-state index contributed by atoms with van der Waals surface area (Å²) in [5.74, 6) is -2.58. The quantitative estimate of drug-likeness (QED) is 0.917. The lowest BCUT2D eigenvalue weighted by molar-refractivity contribution is 0.0691. The Bertz CT molecular complexity index is 600. The van der Waals surface area contributed by atoms with Gasteiger partial charge in [-0.05, 0) is 12.1 Å². The minimum Gasteiger partial charge on any atom is -0.490 e. The number of carbonyl (C=O) groups is 1. The third kappa shape index (κ3) is 3.47. The number of carboxylic acid groups (broad SMARTS) is 1. The molecule has 7 heteroatoms. The number of halogens is 2. The third-order valence-electron chi connectivity index (χ3n) is 2.24. The lowest BCUT2D eigenvalue weighted by Crippen LogP contribution is -2.03. The Morgan fingerprint density at radius 3 is 2.84 bits per heavy atom. The van der Waals surface area contributed by atoms with Gasteiger partial charge in [0.05, 0.1) is 11.6 Å². The summed E-state index contributed by atoms with van der Waals surface area (Å²) in [4.78, 5) is 14.5. The van der Waals surface area contributed by atoms with Crippen LogP contribution in [-0.2, 0) is 6.42 Å². The molecule has 0 aliphatic heterocycles. The van der Waals surface area contributed by atoms with Crippen molar-refractivity contribution in [2.75, 3.05) is 6.61 Å². The fourth-order valence-electron chi connectivity index (χ4n) is 1.36. The van der Waals surface area contributed by atoms with Crippen LogP contribution in [0.1, 0.15) is 15.5 Å². The smallest absolute Gasteiger partial charge is 0.355 e. The Morgan fingerprint density at radius 2 is 2.21 bits per heavy atom. The molecule has 0 aliphatic rings. The Labute approximate surface area is 111 Å². The highest BCUT2D eigenvalue weighted by atomic mass is 32.1. The van der Waals surface area contributed by atoms with Crippen molar-refractivity contribution in [3.05, 3.63) is 45.9 Å². The summed E-state index contributed by atoms with van der Waals surface area (Å²) < 4.78 is 31.0. The molecule has 19 heavy (non-hydrogen) atoms. The molecule has 2 aromatic rings. The average Bonchev–Trinajstić information content (AvgIpc) is 2.81. The van der Waals surface area contributed by atoms with Gasteiger partial charge in [0.1, 0.15) is 5.82 Å². The van der Waals surface area contributed by atoms with Crippen LogP contribution in [0.5, 0.6) is 5.75 Å². The summed E-state index contributed by atoms with van der Waals surface area (Å²) in [6.07, 6.45) is 0.356. The lowest BCUT2D eigenvalue weighted by Gasteiger charge is -2.05. The maximum absolute atomic E-state index is 13.2. The van der Waals surface area contributed by atoms with Crippen LogP contribution in [0.2, 0.25) is 0 Å². The second kappa shape index (κ2) is 5.75. The summed E-state index contributed by atoms with van der Waals surface area (Å²) in [7, 11) is 0. The molecule has 1 aromatic heterocycles. The Hall–Kier alpha value is -2.02. The summed E-state index contributed by atoms with van der Waals surface area (Å²) >= 11 is 1.19. The van der Waals surface area contributed by atoms with Gasteiger partial charge in [-0.15, -0.1) is 11.3 Å². The van der Waals surface area contributed by atoms with Crippen molar-refractivity contribution in [3.8, 4) is 5.75 Å². The van der Waals surface area contributed by atoms with E-state index < -0.39 is 17.6 Å². The predicted molar refractivity (Wildman–Crippen MR) is 64.6 cm³/mol. The van der Waals surface area contributed by atoms with E-state index in [1.54, 1.807) is 0 Å². The molecule has 0 fully saturated rings. The van der Waals surface area contributed by atoms with Gasteiger partial charge in [-0.2, -0.15) is 0 Å². The predicted octanol–water partition coefficient (Wildman–Crippen LogP) is 2.74. The summed E-state index contributed by atoms with van der Waals surface area (Å²) in [6.45, 7) is 0.134. The van der Waals surface area contributed by atoms with Crippen molar-refractivity contribution in [3.63, 3.8) is 0 Å². The fourth-order valence-corrected chi connectivity index (χ4v) is 2.12. The van der Waals surface area contributed by atoms with E-state index >= 15 is 0 Å². The van der Waals surface area contributed by atoms with Gasteiger partial charge in [0, 0.05) is 17.9 Å². The minimum atomic E-state index is -1.09. The summed E-state index contributed by atoms with van der Waals surface area (Å²) in [6, 6.07) is 3.04. The van der Waals surface area contributed by atoms with E-state index in [2.05, 4.69) is 4.98 Å². The first-order valence-corrected chi connectivity index (χ1v) is 6.20. The van der Waals surface area contributed by atoms with Gasteiger partial charge < -0.3 is 9.84 Å². The second-order valence-electron chi connectivity index (χ2n) is 3.60. The first-order valence-electron chi connectivity index (χ1n) is 5.32. The largest absolute Gasteiger partial charge is 0.490 e. The number of aromatic carboxylic acids is 1. The van der Waals surface area contributed by atoms with Gasteiger partial charge in [0.2, 0.25) is 0 Å². The van der Waals surface area contributed by atoms with E-state index in [0.29, 0.717) is 11.4 Å². The highest BCUT2D eigenvalue weighted by Crippen LogP contribution is 2.18. The van der Waals surface area contributed by atoms with Crippen LogP contribution in [0, 0.1) is 11.6 Å². The van der Waals surface area contributed by atoms with Crippen molar-refractivity contribution in [2.24, 2.45) is 0 Å². The number of aromatic nitrogens is 1. The number of rotatable bonds is 5. The Balaban J connectivity index is 1.90. The van der Waals surface area contributed by atoms with E-state index in [1.165, 1.54) is 22.8 Å². The molecule has 1 N–H and O–H groups in total. The standard InChI is InChI=1S/C12H9F2NO3S/c13-7-1-2-10(8(14)5-7)18-4-3-11-15-9(6-19-11)12(16)17/h1-2,5-6H,3-4H2,(H,16,17). The van der Waals surface area contributed by atoms with Crippen LogP contribution in [0.4, 0.5) is 8.78 Å². The van der Waals surface area contributed by atoms with E-state index in [0.717, 1.165) is 12.1 Å². The molecule has 1 aromatic carbocycles. The summed E-state index contributed by atoms with van der Waals surface area (Å²) in [5.41, 5.74) is -0.0204. The van der Waals surface area contributed by atoms with Crippen LogP contribution >= 0.6 is 11.3 Å². The molecule has 1 heterocycles. The maximum Gasteiger partial charge on any atom is 0.355 e. The van der Waals surface area contributed by atoms with Crippen molar-refractivity contribution >= 4 is 17.3 Å². The molecule has 4 nitrogen and oxygen atoms in total. The average molecular weight is 285 g/mol. The molecule has 0 unspecified atom stereocenters. The highest BCUT2D eigenvalue weighted by molar-refractivity contribution is 7.09. The van der Waals surface area contributed by atoms with Crippen LogP contribution in [-0.4, -0.2) is 22.7 Å². The molecule has 0 aliphatic carbocycles. The topological polar surface area (TPSA) is 59.4 Å². The third-order valence-corrected chi connectivity index (χ3v) is 3.15. The molecule has 0 saturated carbocycles. The first-order chi connectivity index (χ1) is 9.06. The molecule has 0 radical (unpaired) electrons. The zero-order valence-electron chi connectivity index (χ0n) is 9.60. The van der Waals surface area contributed by atoms with Gasteiger partial charge in [0.15, 0.2) is 17.3 Å². The van der Waals surface area contributed by atoms with Crippen molar-refractivity contribution < 1.29 is 23.4 Å². The van der Waals surface area contributed by atoms with Crippen molar-refractivity contribution in [2.45, 2.75) is 6.42 Å². The van der Waals surface area contributed by atoms with Gasteiger partial charge in [-0.25, -0.2) is 18.6 Å². The molecular weight excluding hydrogens is 276 g/mol. The maximum atomic E-state index is 13.2. The molecule has 0 saturated heterocycles. The minimum absolute atomic E-state index is 0.0204. The molecule has 2 rings (SSSR count). The van der Waals surface area contributed by atoms with Crippen molar-refractivity contribution in [1.82, 2.24) is 4.98 Å². The molecule has 0 atom stereocenters. The van der Waals surface area contributed by atoms with Crippen LogP contribution < -0.4 is 4.74 Å². The van der Waals surface area contributed by atoms with Crippen LogP contribution in [0.25, 0.3) is 0 Å². The Morgan fingerprint density at radius 1 is 1.42 bits per heavy atom. The highest BCUT2D eigenvalue weighted by Gasteiger charge is 2.09. The van der Waals surface area contributed by atoms with Gasteiger partial charge in [0.25, 0.3) is 0 Å². The van der Waals surface area contributed by atoms with Gasteiger partial charge in [-0.1, -0.05) is 0 Å². The molecular formula is C12H9F2NO3S. The molecule has 0 bridgehead atoms. The number of nitrogens with zero attached hydrogens (tertiary/aromatic N) is 1. The zero-order chi connectivity index (χ0) is 13.8. The van der Waals surface area contributed by atoms with Crippen LogP contribution in [0.15, 0.2) is 23.6 Å². The van der Waals surface area contributed by atoms with E-state index in [9.17, 15) is 13.6 Å². The van der Waals surface area contributed by atoms with Crippen LogP contribution in [0.3, 0.4) is 0 Å². The number of hydrogen-bond acceptors (Lipinski definition) is 4. The number of thiazole rings is 1. The lowest BCUT2D eigenvalue weighted by atomic mass is 10.3. The SMILES string of the molecule is O=C(O)c1csc(CCOc2ccc(F)cc2F)n1. The van der Waals surface area contributed by atoms with E-state index in [4.69, 9.17) is 9.84 Å². The number of hydrogen-bond donors (Lipinski definition) is 1. The van der Waals surface area contributed by atoms with E-state index in [1.807, 2.05) is 0 Å². The Kier molecular flexibility index (Phi) is 4.06. The molecule has 0 spiro atoms. The first kappa shape index (κ1) is 13.4. The zero-order valence-corrected chi connectivity index (χ0v) is 10.4. The summed E-state index contributed by atoms with van der Waals surface area (Å²) in [5, 5.41) is 10.7. The molecule has 100 valence electrons. The molecule has 0 amide bonds. The number of ether oxygens (including phenoxy) is 1. The normalized spacial score (nSPS) is 10.4. The fraction of sp³-hybridized carbons (Fsp3) is 0.167. The monoisotopic (exact) mass is 285 g/mol. The number of benzene rings is 1. The number of carboxylic acids is 1. The van der Waals surface area contributed by atoms with Crippen molar-refractivity contribution in [1.29, 1.82) is 0 Å². The second-order valence-corrected chi connectivity index (χ2v) is 4.55.